The van der Waals surface area contributed by atoms with E-state index in [9.17, 15) is 0 Å². The molecule has 21 heavy (non-hydrogen) atoms. The summed E-state index contributed by atoms with van der Waals surface area (Å²) in [6.45, 7) is 8.97. The van der Waals surface area contributed by atoms with E-state index in [0.717, 1.165) is 19.1 Å². The highest BCUT2D eigenvalue weighted by molar-refractivity contribution is 4.79. The lowest BCUT2D eigenvalue weighted by atomic mass is 9.93. The molecular weight excluding hydrogens is 258 g/mol. The van der Waals surface area contributed by atoms with Crippen molar-refractivity contribution < 1.29 is 4.74 Å². The van der Waals surface area contributed by atoms with E-state index in [2.05, 4.69) is 26.1 Å². The zero-order valence-corrected chi connectivity index (χ0v) is 14.8. The van der Waals surface area contributed by atoms with Crippen molar-refractivity contribution in [1.82, 2.24) is 5.32 Å². The summed E-state index contributed by atoms with van der Waals surface area (Å²) in [5, 5.41) is 3.75. The number of ether oxygens (including phenoxy) is 1. The van der Waals surface area contributed by atoms with Gasteiger partial charge < -0.3 is 10.1 Å². The van der Waals surface area contributed by atoms with Crippen molar-refractivity contribution in [2.24, 2.45) is 5.92 Å². The average molecular weight is 298 g/mol. The van der Waals surface area contributed by atoms with Gasteiger partial charge in [-0.2, -0.15) is 0 Å². The number of rotatable bonds is 10. The third-order valence-electron chi connectivity index (χ3n) is 4.95. The van der Waals surface area contributed by atoms with Gasteiger partial charge in [-0.05, 0) is 38.1 Å². The van der Waals surface area contributed by atoms with Gasteiger partial charge in [0, 0.05) is 12.6 Å². The summed E-state index contributed by atoms with van der Waals surface area (Å²) in [5.41, 5.74) is 0. The highest BCUT2D eigenvalue weighted by atomic mass is 16.5. The van der Waals surface area contributed by atoms with Crippen LogP contribution < -0.4 is 5.32 Å². The molecule has 2 heteroatoms. The molecule has 0 aromatic heterocycles. The highest BCUT2D eigenvalue weighted by Gasteiger charge is 2.23. The second kappa shape index (κ2) is 12.5. The van der Waals surface area contributed by atoms with Crippen LogP contribution in [0, 0.1) is 5.92 Å². The minimum atomic E-state index is 0.451. The van der Waals surface area contributed by atoms with E-state index >= 15 is 0 Å². The van der Waals surface area contributed by atoms with Crippen molar-refractivity contribution in [2.45, 2.75) is 104 Å². The molecule has 1 aliphatic carbocycles. The lowest BCUT2D eigenvalue weighted by Crippen LogP contribution is -2.43. The maximum absolute atomic E-state index is 6.42. The second-order valence-corrected chi connectivity index (χ2v) is 6.84. The molecule has 1 N–H and O–H groups in total. The molecule has 0 aliphatic heterocycles. The quantitative estimate of drug-likeness (QED) is 0.590. The molecule has 0 saturated heterocycles. The Balaban J connectivity index is 2.43. The predicted octanol–water partition coefficient (Wildman–Crippen LogP) is 5.31. The van der Waals surface area contributed by atoms with Crippen molar-refractivity contribution >= 4 is 0 Å². The SMILES string of the molecule is CCCCC(CC)COC1CCCCCCC1NCCC. The van der Waals surface area contributed by atoms with Crippen LogP contribution in [0.2, 0.25) is 0 Å². The average Bonchev–Trinajstić information content (AvgIpc) is 2.48. The van der Waals surface area contributed by atoms with E-state index in [1.807, 2.05) is 0 Å². The molecular formula is C19H39NO. The van der Waals surface area contributed by atoms with Crippen molar-refractivity contribution in [3.05, 3.63) is 0 Å². The molecule has 3 atom stereocenters. The lowest BCUT2D eigenvalue weighted by Gasteiger charge is -2.31. The Morgan fingerprint density at radius 2 is 1.76 bits per heavy atom. The molecule has 0 radical (unpaired) electrons. The summed E-state index contributed by atoms with van der Waals surface area (Å²) in [5.74, 6) is 0.766. The summed E-state index contributed by atoms with van der Waals surface area (Å²) in [6.07, 6.45) is 15.0. The molecule has 0 aromatic rings. The highest BCUT2D eigenvalue weighted by Crippen LogP contribution is 2.22. The van der Waals surface area contributed by atoms with E-state index < -0.39 is 0 Å². The summed E-state index contributed by atoms with van der Waals surface area (Å²) >= 11 is 0. The smallest absolute Gasteiger partial charge is 0.0728 e. The Morgan fingerprint density at radius 1 is 1.00 bits per heavy atom. The molecule has 0 aromatic carbocycles. The van der Waals surface area contributed by atoms with E-state index in [1.54, 1.807) is 0 Å². The van der Waals surface area contributed by atoms with Crippen molar-refractivity contribution in [3.63, 3.8) is 0 Å². The summed E-state index contributed by atoms with van der Waals surface area (Å²) in [7, 11) is 0. The third kappa shape index (κ3) is 8.21. The van der Waals surface area contributed by atoms with Crippen molar-refractivity contribution in [2.75, 3.05) is 13.2 Å². The van der Waals surface area contributed by atoms with Crippen LogP contribution in [0.3, 0.4) is 0 Å². The minimum absolute atomic E-state index is 0.451. The van der Waals surface area contributed by atoms with Gasteiger partial charge in [0.25, 0.3) is 0 Å². The predicted molar refractivity (Wildman–Crippen MR) is 92.8 cm³/mol. The second-order valence-electron chi connectivity index (χ2n) is 6.84. The van der Waals surface area contributed by atoms with Gasteiger partial charge in [0.05, 0.1) is 6.10 Å². The Bertz CT molecular complexity index is 230. The van der Waals surface area contributed by atoms with Gasteiger partial charge in [-0.1, -0.05) is 65.7 Å². The molecule has 3 unspecified atom stereocenters. The Kier molecular flexibility index (Phi) is 11.3. The van der Waals surface area contributed by atoms with Crippen LogP contribution in [0.5, 0.6) is 0 Å². The molecule has 0 bridgehead atoms. The number of hydrogen-bond donors (Lipinski definition) is 1. The standard InChI is InChI=1S/C19H39NO/c1-4-7-12-17(6-3)16-21-19-14-11-9-8-10-13-18(19)20-15-5-2/h17-20H,4-16H2,1-3H3. The number of hydrogen-bond acceptors (Lipinski definition) is 2. The van der Waals surface area contributed by atoms with Crippen LogP contribution in [0.25, 0.3) is 0 Å². The first-order valence-electron chi connectivity index (χ1n) is 9.66. The van der Waals surface area contributed by atoms with E-state index in [0.29, 0.717) is 12.1 Å². The first-order valence-corrected chi connectivity index (χ1v) is 9.66. The number of nitrogens with one attached hydrogen (secondary N) is 1. The van der Waals surface area contributed by atoms with Crippen LogP contribution in [0.15, 0.2) is 0 Å². The van der Waals surface area contributed by atoms with E-state index in [-0.39, 0.29) is 0 Å². The Morgan fingerprint density at radius 3 is 2.43 bits per heavy atom. The summed E-state index contributed by atoms with van der Waals surface area (Å²) in [6, 6.07) is 0.592. The third-order valence-corrected chi connectivity index (χ3v) is 4.95. The zero-order valence-electron chi connectivity index (χ0n) is 14.8. The van der Waals surface area contributed by atoms with Crippen LogP contribution >= 0.6 is 0 Å². The fraction of sp³-hybridized carbons (Fsp3) is 1.00. The number of unbranched alkanes of at least 4 members (excludes halogenated alkanes) is 1. The summed E-state index contributed by atoms with van der Waals surface area (Å²) < 4.78 is 6.42. The normalized spacial score (nSPS) is 25.3. The topological polar surface area (TPSA) is 21.3 Å². The van der Waals surface area contributed by atoms with Gasteiger partial charge in [-0.25, -0.2) is 0 Å². The Hall–Kier alpha value is -0.0800. The molecule has 0 heterocycles. The molecule has 126 valence electrons. The molecule has 0 amide bonds. The molecule has 1 fully saturated rings. The molecule has 1 rings (SSSR count). The van der Waals surface area contributed by atoms with Crippen molar-refractivity contribution in [1.29, 1.82) is 0 Å². The minimum Gasteiger partial charge on any atom is -0.376 e. The van der Waals surface area contributed by atoms with Crippen molar-refractivity contribution in [3.8, 4) is 0 Å². The molecule has 2 nitrogen and oxygen atoms in total. The Labute approximate surface area is 133 Å². The van der Waals surface area contributed by atoms with Gasteiger partial charge in [0.2, 0.25) is 0 Å². The lowest BCUT2D eigenvalue weighted by molar-refractivity contribution is -0.00739. The first kappa shape index (κ1) is 19.0. The van der Waals surface area contributed by atoms with Gasteiger partial charge in [0.1, 0.15) is 0 Å². The van der Waals surface area contributed by atoms with Crippen LogP contribution in [-0.2, 0) is 4.74 Å². The van der Waals surface area contributed by atoms with Gasteiger partial charge in [-0.3, -0.25) is 0 Å². The molecule has 0 spiro atoms. The zero-order chi connectivity index (χ0) is 15.3. The maximum Gasteiger partial charge on any atom is 0.0728 e. The first-order chi connectivity index (χ1) is 10.3. The van der Waals surface area contributed by atoms with E-state index in [1.165, 1.54) is 70.6 Å². The maximum atomic E-state index is 6.42. The van der Waals surface area contributed by atoms with Crippen LogP contribution in [0.1, 0.15) is 91.4 Å². The van der Waals surface area contributed by atoms with Crippen LogP contribution in [0.4, 0.5) is 0 Å². The molecule has 1 saturated carbocycles. The van der Waals surface area contributed by atoms with Gasteiger partial charge in [0.15, 0.2) is 0 Å². The largest absolute Gasteiger partial charge is 0.376 e. The monoisotopic (exact) mass is 297 g/mol. The van der Waals surface area contributed by atoms with Gasteiger partial charge in [-0.15, -0.1) is 0 Å². The van der Waals surface area contributed by atoms with Crippen LogP contribution in [-0.4, -0.2) is 25.3 Å². The fourth-order valence-electron chi connectivity index (χ4n) is 3.37. The summed E-state index contributed by atoms with van der Waals surface area (Å²) in [4.78, 5) is 0. The van der Waals surface area contributed by atoms with Gasteiger partial charge >= 0.3 is 0 Å². The molecule has 1 aliphatic rings. The van der Waals surface area contributed by atoms with E-state index in [4.69, 9.17) is 4.74 Å². The fourth-order valence-corrected chi connectivity index (χ4v) is 3.37.